The predicted octanol–water partition coefficient (Wildman–Crippen LogP) is 5.49. The molecule has 1 aliphatic heterocycles. The smallest absolute Gasteiger partial charge is 0.255 e. The fraction of sp³-hybridized carbons (Fsp3) is 0.267. The zero-order chi connectivity index (χ0) is 24.4. The Morgan fingerprint density at radius 2 is 1.66 bits per heavy atom. The molecular weight excluding hydrogens is 434 g/mol. The molecule has 2 N–H and O–H groups in total. The molecule has 2 atom stereocenters. The summed E-state index contributed by atoms with van der Waals surface area (Å²) in [4.78, 5) is 32.6. The lowest BCUT2D eigenvalue weighted by Gasteiger charge is -2.34. The molecule has 3 aromatic carbocycles. The van der Waals surface area contributed by atoms with Gasteiger partial charge in [0.2, 0.25) is 5.91 Å². The van der Waals surface area contributed by atoms with E-state index in [0.717, 1.165) is 28.5 Å². The summed E-state index contributed by atoms with van der Waals surface area (Å²) in [5.74, 6) is 0.0698. The Morgan fingerprint density at radius 1 is 0.943 bits per heavy atom. The number of hydrogen-bond donors (Lipinski definition) is 2. The van der Waals surface area contributed by atoms with E-state index in [0.29, 0.717) is 18.5 Å². The lowest BCUT2D eigenvalue weighted by atomic mass is 9.95. The van der Waals surface area contributed by atoms with Crippen molar-refractivity contribution in [2.24, 2.45) is 5.92 Å². The van der Waals surface area contributed by atoms with Gasteiger partial charge in [0.1, 0.15) is 6.04 Å². The van der Waals surface area contributed by atoms with Gasteiger partial charge >= 0.3 is 0 Å². The molecule has 35 heavy (non-hydrogen) atoms. The zero-order valence-corrected chi connectivity index (χ0v) is 20.2. The van der Waals surface area contributed by atoms with Crippen LogP contribution in [0.3, 0.4) is 0 Å². The molecule has 2 heterocycles. The fourth-order valence-corrected chi connectivity index (χ4v) is 5.18. The molecule has 4 aromatic rings. The molecule has 0 saturated carbocycles. The number of aromatic nitrogens is 1. The molecule has 0 saturated heterocycles. The number of para-hydroxylation sites is 1. The molecular formula is C30H31N3O2. The van der Waals surface area contributed by atoms with Crippen LogP contribution >= 0.6 is 0 Å². The molecule has 0 radical (unpaired) electrons. The van der Waals surface area contributed by atoms with Crippen molar-refractivity contribution in [3.63, 3.8) is 0 Å². The van der Waals surface area contributed by atoms with Crippen LogP contribution in [0.15, 0.2) is 85.1 Å². The summed E-state index contributed by atoms with van der Waals surface area (Å²) in [6.07, 6.45) is 3.33. The fourth-order valence-electron chi connectivity index (χ4n) is 5.18. The van der Waals surface area contributed by atoms with Crippen LogP contribution in [-0.4, -0.2) is 34.3 Å². The third-order valence-electron chi connectivity index (χ3n) is 6.80. The van der Waals surface area contributed by atoms with Crippen molar-refractivity contribution in [3.8, 4) is 0 Å². The van der Waals surface area contributed by atoms with Gasteiger partial charge in [-0.1, -0.05) is 80.6 Å². The van der Waals surface area contributed by atoms with Crippen LogP contribution in [0.1, 0.15) is 53.4 Å². The second kappa shape index (κ2) is 9.79. The molecule has 2 amide bonds. The zero-order valence-electron chi connectivity index (χ0n) is 20.2. The number of nitrogens with zero attached hydrogens (tertiary/aromatic N) is 1. The molecule has 0 spiro atoms. The molecule has 5 nitrogen and oxygen atoms in total. The molecule has 0 aliphatic carbocycles. The average Bonchev–Trinajstić information content (AvgIpc) is 3.42. The topological polar surface area (TPSA) is 65.2 Å². The summed E-state index contributed by atoms with van der Waals surface area (Å²) in [7, 11) is 0. The van der Waals surface area contributed by atoms with Gasteiger partial charge in [0, 0.05) is 34.8 Å². The van der Waals surface area contributed by atoms with Gasteiger partial charge < -0.3 is 15.2 Å². The highest BCUT2D eigenvalue weighted by Crippen LogP contribution is 2.43. The first-order valence-corrected chi connectivity index (χ1v) is 12.3. The average molecular weight is 466 g/mol. The summed E-state index contributed by atoms with van der Waals surface area (Å²) in [6, 6.07) is 25.1. The van der Waals surface area contributed by atoms with E-state index in [4.69, 9.17) is 0 Å². The number of H-pyrrole nitrogens is 1. The molecule has 5 heteroatoms. The van der Waals surface area contributed by atoms with Crippen molar-refractivity contribution in [2.75, 3.05) is 6.54 Å². The van der Waals surface area contributed by atoms with Crippen LogP contribution < -0.4 is 5.32 Å². The molecule has 2 unspecified atom stereocenters. The lowest BCUT2D eigenvalue weighted by molar-refractivity contribution is -0.126. The van der Waals surface area contributed by atoms with E-state index in [-0.39, 0.29) is 23.8 Å². The number of hydrogen-bond acceptors (Lipinski definition) is 2. The molecule has 178 valence electrons. The first-order valence-electron chi connectivity index (χ1n) is 12.3. The van der Waals surface area contributed by atoms with Gasteiger partial charge in [-0.25, -0.2) is 0 Å². The minimum absolute atomic E-state index is 0.0836. The molecule has 5 rings (SSSR count). The van der Waals surface area contributed by atoms with E-state index in [2.05, 4.69) is 42.3 Å². The van der Waals surface area contributed by atoms with Gasteiger partial charge in [-0.05, 0) is 42.0 Å². The number of carbonyl (C=O) groups excluding carboxylic acids is 2. The van der Waals surface area contributed by atoms with E-state index >= 15 is 0 Å². The number of aromatic amines is 1. The Balaban J connectivity index is 1.50. The van der Waals surface area contributed by atoms with Gasteiger partial charge in [-0.15, -0.1) is 0 Å². The first-order chi connectivity index (χ1) is 17.0. The van der Waals surface area contributed by atoms with E-state index in [9.17, 15) is 9.59 Å². The quantitative estimate of drug-likeness (QED) is 0.362. The van der Waals surface area contributed by atoms with Crippen LogP contribution in [0.4, 0.5) is 0 Å². The van der Waals surface area contributed by atoms with Crippen molar-refractivity contribution in [1.29, 1.82) is 0 Å². The van der Waals surface area contributed by atoms with Crippen LogP contribution in [0.5, 0.6) is 0 Å². The predicted molar refractivity (Wildman–Crippen MR) is 139 cm³/mol. The maximum Gasteiger partial charge on any atom is 0.255 e. The highest BCUT2D eigenvalue weighted by Gasteiger charge is 2.44. The summed E-state index contributed by atoms with van der Waals surface area (Å²) < 4.78 is 0. The minimum atomic E-state index is -0.565. The maximum atomic E-state index is 13.8. The number of nitrogens with one attached hydrogen (secondary N) is 2. The highest BCUT2D eigenvalue weighted by atomic mass is 16.2. The highest BCUT2D eigenvalue weighted by molar-refractivity contribution is 6.03. The van der Waals surface area contributed by atoms with Crippen molar-refractivity contribution in [1.82, 2.24) is 15.2 Å². The Morgan fingerprint density at radius 3 is 2.46 bits per heavy atom. The second-order valence-electron chi connectivity index (χ2n) is 9.66. The summed E-state index contributed by atoms with van der Waals surface area (Å²) in [5.41, 5.74) is 4.84. The number of benzene rings is 3. The number of carbonyl (C=O) groups is 2. The van der Waals surface area contributed by atoms with E-state index in [1.165, 1.54) is 5.56 Å². The van der Waals surface area contributed by atoms with Crippen LogP contribution in [-0.2, 0) is 11.2 Å². The minimum Gasteiger partial charge on any atom is -0.361 e. The largest absolute Gasteiger partial charge is 0.361 e. The van der Waals surface area contributed by atoms with Gasteiger partial charge in [0.05, 0.1) is 6.04 Å². The van der Waals surface area contributed by atoms with E-state index < -0.39 is 6.04 Å². The Hall–Kier alpha value is -3.86. The Bertz CT molecular complexity index is 1340. The molecule has 1 aliphatic rings. The first kappa shape index (κ1) is 22.9. The van der Waals surface area contributed by atoms with E-state index in [1.807, 2.05) is 71.8 Å². The normalized spacial score (nSPS) is 16.0. The van der Waals surface area contributed by atoms with Gasteiger partial charge in [0.25, 0.3) is 5.91 Å². The third-order valence-corrected chi connectivity index (χ3v) is 6.80. The standard InChI is InChI=1S/C30H31N3O2/c1-20(2)18-27(29(34)31-17-16-21-10-4-3-5-11-21)33-28(23-13-6-7-14-24(23)30(33)35)25-19-32-26-15-9-8-12-22(25)26/h3-15,19-20,27-28,32H,16-18H2,1-2H3,(H,31,34). The Labute approximate surface area is 206 Å². The summed E-state index contributed by atoms with van der Waals surface area (Å²) in [6.45, 7) is 4.72. The SMILES string of the molecule is CC(C)CC(C(=O)NCCc1ccccc1)N1C(=O)c2ccccc2C1c1c[nH]c2ccccc12. The van der Waals surface area contributed by atoms with Gasteiger partial charge in [-0.3, -0.25) is 9.59 Å². The van der Waals surface area contributed by atoms with Gasteiger partial charge in [-0.2, -0.15) is 0 Å². The van der Waals surface area contributed by atoms with Crippen molar-refractivity contribution in [2.45, 2.75) is 38.8 Å². The van der Waals surface area contributed by atoms with Crippen molar-refractivity contribution >= 4 is 22.7 Å². The lowest BCUT2D eigenvalue weighted by Crippen LogP contribution is -2.49. The Kier molecular flexibility index (Phi) is 6.41. The summed E-state index contributed by atoms with van der Waals surface area (Å²) >= 11 is 0. The third kappa shape index (κ3) is 4.46. The van der Waals surface area contributed by atoms with Crippen LogP contribution in [0.25, 0.3) is 10.9 Å². The second-order valence-corrected chi connectivity index (χ2v) is 9.66. The molecule has 1 aromatic heterocycles. The molecule has 0 fully saturated rings. The summed E-state index contributed by atoms with van der Waals surface area (Å²) in [5, 5.41) is 4.19. The van der Waals surface area contributed by atoms with Crippen LogP contribution in [0.2, 0.25) is 0 Å². The monoisotopic (exact) mass is 465 g/mol. The molecule has 0 bridgehead atoms. The number of fused-ring (bicyclic) bond motifs is 2. The number of rotatable bonds is 8. The number of amides is 2. The van der Waals surface area contributed by atoms with Crippen molar-refractivity contribution in [3.05, 3.63) is 107 Å². The maximum absolute atomic E-state index is 13.8. The van der Waals surface area contributed by atoms with Gasteiger partial charge in [0.15, 0.2) is 0 Å². The van der Waals surface area contributed by atoms with E-state index in [1.54, 1.807) is 0 Å². The van der Waals surface area contributed by atoms with Crippen LogP contribution in [0, 0.1) is 5.92 Å². The van der Waals surface area contributed by atoms with Crippen molar-refractivity contribution < 1.29 is 9.59 Å².